The van der Waals surface area contributed by atoms with E-state index in [-0.39, 0.29) is 5.78 Å². The molecule has 1 unspecified atom stereocenters. The van der Waals surface area contributed by atoms with E-state index in [0.717, 1.165) is 18.4 Å². The monoisotopic (exact) mass is 265 g/mol. The lowest BCUT2D eigenvalue weighted by atomic mass is 9.79. The lowest BCUT2D eigenvalue weighted by molar-refractivity contribution is 0.0971. The van der Waals surface area contributed by atoms with Gasteiger partial charge in [-0.05, 0) is 48.4 Å². The Morgan fingerprint density at radius 1 is 1.15 bits per heavy atom. The molecule has 2 aromatic rings. The summed E-state index contributed by atoms with van der Waals surface area (Å²) in [6.07, 6.45) is 4.00. The summed E-state index contributed by atoms with van der Waals surface area (Å²) in [7, 11) is 0. The number of carbonyl (C=O) groups is 1. The molecule has 0 bridgehead atoms. The van der Waals surface area contributed by atoms with E-state index in [1.807, 2.05) is 18.2 Å². The van der Waals surface area contributed by atoms with Gasteiger partial charge >= 0.3 is 0 Å². The van der Waals surface area contributed by atoms with Gasteiger partial charge in [-0.3, -0.25) is 4.79 Å². The Bertz CT molecular complexity index is 633. The number of aryl methyl sites for hydroxylation is 1. The zero-order valence-corrected chi connectivity index (χ0v) is 11.5. The van der Waals surface area contributed by atoms with Crippen molar-refractivity contribution in [1.29, 1.82) is 0 Å². The Hall–Kier alpha value is -2.09. The molecule has 1 aliphatic carbocycles. The van der Waals surface area contributed by atoms with Crippen LogP contribution in [0.25, 0.3) is 0 Å². The van der Waals surface area contributed by atoms with Gasteiger partial charge in [0.1, 0.15) is 0 Å². The fourth-order valence-electron chi connectivity index (χ4n) is 3.12. The highest BCUT2D eigenvalue weighted by Crippen LogP contribution is 2.34. The average molecular weight is 265 g/mol. The van der Waals surface area contributed by atoms with Gasteiger partial charge < -0.3 is 5.73 Å². The first-order valence-corrected chi connectivity index (χ1v) is 7.20. The van der Waals surface area contributed by atoms with Crippen molar-refractivity contribution in [1.82, 2.24) is 0 Å². The summed E-state index contributed by atoms with van der Waals surface area (Å²) in [4.78, 5) is 12.4. The summed E-state index contributed by atoms with van der Waals surface area (Å²) in [5.74, 6) is 0.549. The Morgan fingerprint density at radius 3 is 2.85 bits per heavy atom. The molecule has 0 heterocycles. The van der Waals surface area contributed by atoms with Crippen molar-refractivity contribution in [3.8, 4) is 0 Å². The molecule has 2 aromatic carbocycles. The molecule has 3 rings (SSSR count). The van der Waals surface area contributed by atoms with Crippen LogP contribution < -0.4 is 5.73 Å². The van der Waals surface area contributed by atoms with Crippen LogP contribution in [-0.4, -0.2) is 5.78 Å². The van der Waals surface area contributed by atoms with Crippen molar-refractivity contribution in [2.45, 2.75) is 31.6 Å². The van der Waals surface area contributed by atoms with Gasteiger partial charge in [0.25, 0.3) is 0 Å². The molecule has 2 N–H and O–H groups in total. The summed E-state index contributed by atoms with van der Waals surface area (Å²) in [5, 5.41) is 0. The quantitative estimate of drug-likeness (QED) is 0.674. The first kappa shape index (κ1) is 12.9. The van der Waals surface area contributed by atoms with Crippen LogP contribution in [0, 0.1) is 0 Å². The number of benzene rings is 2. The van der Waals surface area contributed by atoms with Gasteiger partial charge in [-0.15, -0.1) is 0 Å². The van der Waals surface area contributed by atoms with Gasteiger partial charge in [-0.1, -0.05) is 36.4 Å². The molecule has 0 aromatic heterocycles. The Balaban J connectivity index is 1.81. The summed E-state index contributed by atoms with van der Waals surface area (Å²) in [6.45, 7) is 0. The lowest BCUT2D eigenvalue weighted by Gasteiger charge is -2.25. The van der Waals surface area contributed by atoms with Gasteiger partial charge in [-0.2, -0.15) is 0 Å². The van der Waals surface area contributed by atoms with E-state index in [4.69, 9.17) is 5.73 Å². The van der Waals surface area contributed by atoms with E-state index in [9.17, 15) is 4.79 Å². The molecular formula is C18H19NO. The molecule has 1 atom stereocenters. The number of Topliss-reactive ketones (excluding diaryl/α,β-unsaturated/α-hetero) is 1. The zero-order valence-electron chi connectivity index (χ0n) is 11.5. The molecule has 0 amide bonds. The number of nitrogens with two attached hydrogens (primary N) is 1. The SMILES string of the molecule is Nc1cccc(C(=O)CC2CCCc3ccccc32)c1. The predicted molar refractivity (Wildman–Crippen MR) is 81.9 cm³/mol. The van der Waals surface area contributed by atoms with Crippen molar-refractivity contribution in [3.63, 3.8) is 0 Å². The van der Waals surface area contributed by atoms with E-state index < -0.39 is 0 Å². The standard InChI is InChI=1S/C18H19NO/c19-16-9-4-8-15(11-16)18(20)12-14-7-3-6-13-5-1-2-10-17(13)14/h1-2,4-5,8-11,14H,3,6-7,12,19H2. The molecule has 0 aliphatic heterocycles. The van der Waals surface area contributed by atoms with Crippen molar-refractivity contribution >= 4 is 11.5 Å². The maximum absolute atomic E-state index is 12.4. The highest BCUT2D eigenvalue weighted by Gasteiger charge is 2.22. The second kappa shape index (κ2) is 5.49. The normalized spacial score (nSPS) is 17.5. The van der Waals surface area contributed by atoms with Crippen LogP contribution >= 0.6 is 0 Å². The maximum atomic E-state index is 12.4. The fourth-order valence-corrected chi connectivity index (χ4v) is 3.12. The van der Waals surface area contributed by atoms with E-state index in [1.54, 1.807) is 6.07 Å². The molecule has 0 radical (unpaired) electrons. The van der Waals surface area contributed by atoms with Gasteiger partial charge in [0.05, 0.1) is 0 Å². The van der Waals surface area contributed by atoms with E-state index >= 15 is 0 Å². The first-order chi connectivity index (χ1) is 9.74. The number of hydrogen-bond donors (Lipinski definition) is 1. The topological polar surface area (TPSA) is 43.1 Å². The van der Waals surface area contributed by atoms with Crippen LogP contribution in [0.5, 0.6) is 0 Å². The fraction of sp³-hybridized carbons (Fsp3) is 0.278. The minimum Gasteiger partial charge on any atom is -0.399 e. The van der Waals surface area contributed by atoms with Crippen molar-refractivity contribution in [3.05, 3.63) is 65.2 Å². The number of anilines is 1. The van der Waals surface area contributed by atoms with E-state index in [1.165, 1.54) is 17.5 Å². The van der Waals surface area contributed by atoms with Crippen LogP contribution in [0.1, 0.15) is 46.7 Å². The molecule has 0 fully saturated rings. The number of hydrogen-bond acceptors (Lipinski definition) is 2. The number of rotatable bonds is 3. The van der Waals surface area contributed by atoms with Crippen LogP contribution in [-0.2, 0) is 6.42 Å². The Labute approximate surface area is 119 Å². The van der Waals surface area contributed by atoms with Crippen molar-refractivity contribution in [2.24, 2.45) is 0 Å². The number of nitrogen functional groups attached to an aromatic ring is 1. The van der Waals surface area contributed by atoms with Crippen LogP contribution in [0.15, 0.2) is 48.5 Å². The van der Waals surface area contributed by atoms with Crippen LogP contribution in [0.3, 0.4) is 0 Å². The molecule has 20 heavy (non-hydrogen) atoms. The third kappa shape index (κ3) is 2.60. The van der Waals surface area contributed by atoms with Gasteiger partial charge in [0.2, 0.25) is 0 Å². The summed E-state index contributed by atoms with van der Waals surface area (Å²) < 4.78 is 0. The summed E-state index contributed by atoms with van der Waals surface area (Å²) in [5.41, 5.74) is 9.90. The number of carbonyl (C=O) groups excluding carboxylic acids is 1. The molecule has 1 aliphatic rings. The van der Waals surface area contributed by atoms with Crippen molar-refractivity contribution in [2.75, 3.05) is 5.73 Å². The largest absolute Gasteiger partial charge is 0.399 e. The molecule has 0 saturated carbocycles. The smallest absolute Gasteiger partial charge is 0.163 e. The van der Waals surface area contributed by atoms with Crippen molar-refractivity contribution < 1.29 is 4.79 Å². The Morgan fingerprint density at radius 2 is 2.00 bits per heavy atom. The number of ketones is 1. The molecule has 0 spiro atoms. The first-order valence-electron chi connectivity index (χ1n) is 7.20. The van der Waals surface area contributed by atoms with Gasteiger partial charge in [-0.25, -0.2) is 0 Å². The molecule has 2 nitrogen and oxygen atoms in total. The van der Waals surface area contributed by atoms with E-state index in [0.29, 0.717) is 18.0 Å². The highest BCUT2D eigenvalue weighted by atomic mass is 16.1. The number of fused-ring (bicyclic) bond motifs is 1. The molecule has 102 valence electrons. The minimum atomic E-state index is 0.194. The third-order valence-corrected chi connectivity index (χ3v) is 4.13. The summed E-state index contributed by atoms with van der Waals surface area (Å²) in [6, 6.07) is 15.8. The predicted octanol–water partition coefficient (Wildman–Crippen LogP) is 3.96. The maximum Gasteiger partial charge on any atom is 0.163 e. The van der Waals surface area contributed by atoms with Gasteiger partial charge in [0, 0.05) is 17.7 Å². The molecule has 2 heteroatoms. The zero-order chi connectivity index (χ0) is 13.9. The molecular weight excluding hydrogens is 246 g/mol. The summed E-state index contributed by atoms with van der Waals surface area (Å²) >= 11 is 0. The Kier molecular flexibility index (Phi) is 3.55. The second-order valence-electron chi connectivity index (χ2n) is 5.54. The average Bonchev–Trinajstić information content (AvgIpc) is 2.47. The van der Waals surface area contributed by atoms with Crippen LogP contribution in [0.2, 0.25) is 0 Å². The third-order valence-electron chi connectivity index (χ3n) is 4.13. The second-order valence-corrected chi connectivity index (χ2v) is 5.54. The highest BCUT2D eigenvalue weighted by molar-refractivity contribution is 5.97. The van der Waals surface area contributed by atoms with Crippen LogP contribution in [0.4, 0.5) is 5.69 Å². The minimum absolute atomic E-state index is 0.194. The van der Waals surface area contributed by atoms with E-state index in [2.05, 4.69) is 24.3 Å². The molecule has 0 saturated heterocycles. The lowest BCUT2D eigenvalue weighted by Crippen LogP contribution is -2.14. The van der Waals surface area contributed by atoms with Gasteiger partial charge in [0.15, 0.2) is 5.78 Å².